The molecular formula is C12H13NO2. The van der Waals surface area contributed by atoms with Crippen LogP contribution in [-0.2, 0) is 0 Å². The number of aromatic amines is 1. The second kappa shape index (κ2) is 3.42. The Hall–Kier alpha value is -1.77. The number of hydrogen-bond acceptors (Lipinski definition) is 2. The van der Waals surface area contributed by atoms with Gasteiger partial charge in [0, 0.05) is 12.3 Å². The number of aromatic nitrogens is 1. The van der Waals surface area contributed by atoms with Crippen molar-refractivity contribution in [1.29, 1.82) is 0 Å². The fourth-order valence-corrected chi connectivity index (χ4v) is 1.70. The van der Waals surface area contributed by atoms with Crippen LogP contribution >= 0.6 is 0 Å². The number of hydrogen-bond donors (Lipinski definition) is 1. The Balaban J connectivity index is 2.77. The highest BCUT2D eigenvalue weighted by atomic mass is 16.5. The second-order valence-electron chi connectivity index (χ2n) is 3.61. The zero-order valence-corrected chi connectivity index (χ0v) is 9.05. The van der Waals surface area contributed by atoms with E-state index < -0.39 is 0 Å². The molecule has 0 aliphatic heterocycles. The standard InChI is InChI=1S/C12H13NO2/c1-7-4-5-11(15-3)9-6-10(8(2)14)13-12(7)9/h4-6,13H,1-3H3. The van der Waals surface area contributed by atoms with E-state index in [-0.39, 0.29) is 5.78 Å². The Bertz CT molecular complexity index is 526. The molecule has 0 aliphatic rings. The van der Waals surface area contributed by atoms with Crippen molar-refractivity contribution in [3.8, 4) is 5.75 Å². The molecule has 0 radical (unpaired) electrons. The molecule has 0 spiro atoms. The molecule has 15 heavy (non-hydrogen) atoms. The number of Topliss-reactive ketones (excluding diaryl/α,β-unsaturated/α-hetero) is 1. The Kier molecular flexibility index (Phi) is 2.23. The van der Waals surface area contributed by atoms with Crippen molar-refractivity contribution >= 4 is 16.7 Å². The van der Waals surface area contributed by atoms with Gasteiger partial charge in [0.25, 0.3) is 0 Å². The average Bonchev–Trinajstić information content (AvgIpc) is 2.64. The maximum Gasteiger partial charge on any atom is 0.175 e. The topological polar surface area (TPSA) is 42.1 Å². The minimum Gasteiger partial charge on any atom is -0.496 e. The third-order valence-corrected chi connectivity index (χ3v) is 2.56. The molecule has 3 heteroatoms. The quantitative estimate of drug-likeness (QED) is 0.762. The van der Waals surface area contributed by atoms with Crippen molar-refractivity contribution in [2.24, 2.45) is 0 Å². The first-order chi connectivity index (χ1) is 7.13. The molecule has 2 aromatic rings. The Morgan fingerprint density at radius 3 is 2.73 bits per heavy atom. The molecule has 0 atom stereocenters. The molecule has 0 unspecified atom stereocenters. The van der Waals surface area contributed by atoms with Crippen LogP contribution in [0.25, 0.3) is 10.9 Å². The summed E-state index contributed by atoms with van der Waals surface area (Å²) in [6.07, 6.45) is 0. The molecule has 0 saturated carbocycles. The molecule has 1 aromatic carbocycles. The van der Waals surface area contributed by atoms with Gasteiger partial charge in [-0.3, -0.25) is 4.79 Å². The van der Waals surface area contributed by atoms with E-state index in [0.29, 0.717) is 5.69 Å². The molecule has 0 fully saturated rings. The van der Waals surface area contributed by atoms with E-state index >= 15 is 0 Å². The van der Waals surface area contributed by atoms with Gasteiger partial charge in [0.15, 0.2) is 5.78 Å². The number of benzene rings is 1. The highest BCUT2D eigenvalue weighted by Gasteiger charge is 2.10. The molecule has 0 aliphatic carbocycles. The molecule has 3 nitrogen and oxygen atoms in total. The first-order valence-electron chi connectivity index (χ1n) is 4.80. The summed E-state index contributed by atoms with van der Waals surface area (Å²) in [5.74, 6) is 0.826. The van der Waals surface area contributed by atoms with Gasteiger partial charge in [-0.2, -0.15) is 0 Å². The average molecular weight is 203 g/mol. The van der Waals surface area contributed by atoms with Gasteiger partial charge in [-0.15, -0.1) is 0 Å². The summed E-state index contributed by atoms with van der Waals surface area (Å²) in [7, 11) is 1.63. The Morgan fingerprint density at radius 2 is 2.13 bits per heavy atom. The van der Waals surface area contributed by atoms with Crippen molar-refractivity contribution in [1.82, 2.24) is 4.98 Å². The summed E-state index contributed by atoms with van der Waals surface area (Å²) in [6.45, 7) is 3.55. The largest absolute Gasteiger partial charge is 0.496 e. The Labute approximate surface area is 88.1 Å². The van der Waals surface area contributed by atoms with Crippen molar-refractivity contribution in [2.45, 2.75) is 13.8 Å². The van der Waals surface area contributed by atoms with Crippen LogP contribution in [0.5, 0.6) is 5.75 Å². The second-order valence-corrected chi connectivity index (χ2v) is 3.61. The van der Waals surface area contributed by atoms with Gasteiger partial charge < -0.3 is 9.72 Å². The molecular weight excluding hydrogens is 190 g/mol. The fraction of sp³-hybridized carbons (Fsp3) is 0.250. The minimum atomic E-state index is 0.0349. The monoisotopic (exact) mass is 203 g/mol. The summed E-state index contributed by atoms with van der Waals surface area (Å²) >= 11 is 0. The van der Waals surface area contributed by atoms with E-state index in [1.807, 2.05) is 25.1 Å². The lowest BCUT2D eigenvalue weighted by Gasteiger charge is -2.02. The number of ketones is 1. The highest BCUT2D eigenvalue weighted by molar-refractivity contribution is 6.00. The smallest absolute Gasteiger partial charge is 0.175 e. The molecule has 1 heterocycles. The van der Waals surface area contributed by atoms with Crippen LogP contribution in [0.4, 0.5) is 0 Å². The van der Waals surface area contributed by atoms with Crippen molar-refractivity contribution < 1.29 is 9.53 Å². The van der Waals surface area contributed by atoms with Crippen LogP contribution in [0.2, 0.25) is 0 Å². The van der Waals surface area contributed by atoms with Gasteiger partial charge in [0.05, 0.1) is 18.3 Å². The number of H-pyrrole nitrogens is 1. The molecule has 1 aromatic heterocycles. The molecule has 2 rings (SSSR count). The molecule has 1 N–H and O–H groups in total. The lowest BCUT2D eigenvalue weighted by molar-refractivity contribution is 0.101. The van der Waals surface area contributed by atoms with E-state index in [2.05, 4.69) is 4.98 Å². The van der Waals surface area contributed by atoms with Crippen molar-refractivity contribution in [2.75, 3.05) is 7.11 Å². The molecule has 0 amide bonds. The summed E-state index contributed by atoms with van der Waals surface area (Å²) in [5.41, 5.74) is 2.70. The summed E-state index contributed by atoms with van der Waals surface area (Å²) in [4.78, 5) is 14.4. The van der Waals surface area contributed by atoms with Crippen LogP contribution < -0.4 is 4.74 Å². The van der Waals surface area contributed by atoms with Crippen molar-refractivity contribution in [3.63, 3.8) is 0 Å². The number of methoxy groups -OCH3 is 1. The third-order valence-electron chi connectivity index (χ3n) is 2.56. The van der Waals surface area contributed by atoms with Gasteiger partial charge in [-0.25, -0.2) is 0 Å². The van der Waals surface area contributed by atoms with E-state index in [1.165, 1.54) is 0 Å². The first kappa shape index (κ1) is 9.77. The molecule has 78 valence electrons. The fourth-order valence-electron chi connectivity index (χ4n) is 1.70. The highest BCUT2D eigenvalue weighted by Crippen LogP contribution is 2.28. The zero-order valence-electron chi connectivity index (χ0n) is 9.05. The van der Waals surface area contributed by atoms with Crippen LogP contribution in [0.3, 0.4) is 0 Å². The zero-order chi connectivity index (χ0) is 11.0. The third kappa shape index (κ3) is 1.50. The summed E-state index contributed by atoms with van der Waals surface area (Å²) in [6, 6.07) is 5.72. The van der Waals surface area contributed by atoms with E-state index in [9.17, 15) is 4.79 Å². The van der Waals surface area contributed by atoms with E-state index in [1.54, 1.807) is 14.0 Å². The minimum absolute atomic E-state index is 0.0349. The van der Waals surface area contributed by atoms with Crippen LogP contribution in [0.15, 0.2) is 18.2 Å². The number of nitrogens with one attached hydrogen (secondary N) is 1. The number of rotatable bonds is 2. The predicted octanol–water partition coefficient (Wildman–Crippen LogP) is 2.69. The van der Waals surface area contributed by atoms with Crippen LogP contribution in [-0.4, -0.2) is 17.9 Å². The predicted molar refractivity (Wildman–Crippen MR) is 59.6 cm³/mol. The number of fused-ring (bicyclic) bond motifs is 1. The van der Waals surface area contributed by atoms with Crippen LogP contribution in [0.1, 0.15) is 23.0 Å². The number of carbonyl (C=O) groups excluding carboxylic acids is 1. The maximum atomic E-state index is 11.3. The number of aryl methyl sites for hydroxylation is 1. The normalized spacial score (nSPS) is 10.6. The van der Waals surface area contributed by atoms with E-state index in [4.69, 9.17) is 4.74 Å². The summed E-state index contributed by atoms with van der Waals surface area (Å²) < 4.78 is 5.24. The van der Waals surface area contributed by atoms with Gasteiger partial charge in [0.1, 0.15) is 5.75 Å². The van der Waals surface area contributed by atoms with E-state index in [0.717, 1.165) is 22.2 Å². The first-order valence-corrected chi connectivity index (χ1v) is 4.80. The number of carbonyl (C=O) groups is 1. The van der Waals surface area contributed by atoms with Gasteiger partial charge >= 0.3 is 0 Å². The SMILES string of the molecule is COc1ccc(C)c2[nH]c(C(C)=O)cc12. The van der Waals surface area contributed by atoms with Crippen LogP contribution in [0, 0.1) is 6.92 Å². The number of ether oxygens (including phenoxy) is 1. The molecule has 0 saturated heterocycles. The van der Waals surface area contributed by atoms with Gasteiger partial charge in [0.2, 0.25) is 0 Å². The van der Waals surface area contributed by atoms with Gasteiger partial charge in [-0.05, 0) is 24.6 Å². The lowest BCUT2D eigenvalue weighted by atomic mass is 10.1. The molecule has 0 bridgehead atoms. The van der Waals surface area contributed by atoms with Crippen molar-refractivity contribution in [3.05, 3.63) is 29.5 Å². The summed E-state index contributed by atoms with van der Waals surface area (Å²) in [5, 5.41) is 0.961. The van der Waals surface area contributed by atoms with Gasteiger partial charge in [-0.1, -0.05) is 6.07 Å². The Morgan fingerprint density at radius 1 is 1.40 bits per heavy atom. The maximum absolute atomic E-state index is 11.3. The lowest BCUT2D eigenvalue weighted by Crippen LogP contribution is -1.90.